The molecule has 4 saturated carbocycles. The molecule has 602 valence electrons. The maximum Gasteiger partial charge on any atom is 0.357 e. The summed E-state index contributed by atoms with van der Waals surface area (Å²) < 4.78 is 0. The lowest BCUT2D eigenvalue weighted by molar-refractivity contribution is -0.132. The van der Waals surface area contributed by atoms with Gasteiger partial charge in [0.15, 0.2) is 0 Å². The standard InChI is InChI=1S/C14H20N2O2.C11H21N.2C10H20N2.2C10H19N.C9H17N.C9H19N.C6H14N2/c1-12(2)15-8-10-16(11-9-15)18-14(17)13-6-4-3-5-7-13;1-10(2)12-9-5-8-11(12)6-3-4-7-11;1-9(2)12-6-4-10(8-12)3-5-11-7-10;1-9(2)12-7-5-10(8-12)4-3-6-11-10;1-8(2)11-6-9-4-3-5-10(9)7-11;1-9(2)11-7-10(8-11)5-3-4-6-10;1-8(2)10-6-9(7-10)4-3-5-9;1-4-5-9-6-10(7-9)8(2)3;1-5(2)8-3-6(7)4-8/h3-7,12H,8-11H2,1-2H3;10H,3-9H2,1-2H3;2*9,11H,3-8H2,1-2H3;8-10H,3-7H2,1-2H3;9H,3-8H2,1-2H3;8H,3-7H2,1-2H3;8-9H,4-7H2,1-3H3;5-6H,3-4,7H2,1-2H3. The smallest absolute Gasteiger partial charge is 0.357 e. The fourth-order valence-corrected chi connectivity index (χ4v) is 20.6. The van der Waals surface area contributed by atoms with Gasteiger partial charge in [-0.2, -0.15) is 0 Å². The first kappa shape index (κ1) is 87.7. The highest BCUT2D eigenvalue weighted by Crippen LogP contribution is 2.49. The molecule has 0 amide bonds. The summed E-state index contributed by atoms with van der Waals surface area (Å²) in [6, 6.07) is 16.2. The van der Waals surface area contributed by atoms with Gasteiger partial charge in [0.05, 0.1) is 5.56 Å². The monoisotopic (exact) mass is 1450 g/mol. The number of benzene rings is 1. The number of carbonyl (C=O) groups excluding carboxylic acids is 1. The zero-order chi connectivity index (χ0) is 75.4. The molecule has 15 heteroatoms. The van der Waals surface area contributed by atoms with E-state index in [9.17, 15) is 4.79 Å². The molecule has 1 aromatic rings. The van der Waals surface area contributed by atoms with E-state index in [0.717, 1.165) is 110 Å². The van der Waals surface area contributed by atoms with Crippen LogP contribution in [0.2, 0.25) is 0 Å². The van der Waals surface area contributed by atoms with Gasteiger partial charge in [0.1, 0.15) is 0 Å². The minimum atomic E-state index is -0.270. The average Bonchev–Trinajstić information content (AvgIpc) is 1.16. The van der Waals surface area contributed by atoms with Crippen LogP contribution >= 0.6 is 0 Å². The molecule has 5 spiro atoms. The molecule has 4 N–H and O–H groups in total. The Hall–Kier alpha value is -1.83. The quantitative estimate of drug-likeness (QED) is 0.174. The van der Waals surface area contributed by atoms with Crippen molar-refractivity contribution in [1.29, 1.82) is 0 Å². The third-order valence-corrected chi connectivity index (χ3v) is 28.3. The molecule has 4 atom stereocenters. The molecule has 11 heterocycles. The molecule has 15 fully saturated rings. The number of fused-ring (bicyclic) bond motifs is 1. The van der Waals surface area contributed by atoms with Crippen molar-refractivity contribution in [3.63, 3.8) is 0 Å². The molecule has 11 aliphatic heterocycles. The van der Waals surface area contributed by atoms with Crippen LogP contribution in [0.15, 0.2) is 30.3 Å². The van der Waals surface area contributed by atoms with E-state index < -0.39 is 0 Å². The topological polar surface area (TPSA) is 109 Å². The number of carbonyl (C=O) groups is 1. The van der Waals surface area contributed by atoms with Crippen LogP contribution in [0, 0.1) is 34.0 Å². The molecule has 16 rings (SSSR count). The lowest BCUT2D eigenvalue weighted by Gasteiger charge is -2.57. The van der Waals surface area contributed by atoms with Crippen molar-refractivity contribution in [2.75, 3.05) is 144 Å². The van der Waals surface area contributed by atoms with Crippen molar-refractivity contribution in [1.82, 2.24) is 59.8 Å². The van der Waals surface area contributed by atoms with Crippen LogP contribution in [0.1, 0.15) is 290 Å². The van der Waals surface area contributed by atoms with Crippen molar-refractivity contribution in [3.8, 4) is 0 Å². The molecule has 15 nitrogen and oxygen atoms in total. The summed E-state index contributed by atoms with van der Waals surface area (Å²) in [5.41, 5.74) is 9.62. The largest absolute Gasteiger partial charge is 0.364 e. The maximum absolute atomic E-state index is 11.9. The summed E-state index contributed by atoms with van der Waals surface area (Å²) >= 11 is 0. The molecule has 11 saturated heterocycles. The van der Waals surface area contributed by atoms with Gasteiger partial charge in [-0.3, -0.25) is 29.4 Å². The highest BCUT2D eigenvalue weighted by Gasteiger charge is 2.49. The van der Waals surface area contributed by atoms with Crippen molar-refractivity contribution in [2.45, 2.75) is 351 Å². The predicted octanol–water partition coefficient (Wildman–Crippen LogP) is 15.3. The first-order chi connectivity index (χ1) is 49.5. The van der Waals surface area contributed by atoms with Crippen LogP contribution in [0.4, 0.5) is 0 Å². The van der Waals surface area contributed by atoms with Crippen LogP contribution in [0.25, 0.3) is 0 Å². The van der Waals surface area contributed by atoms with Crippen LogP contribution in [-0.4, -0.2) is 271 Å². The lowest BCUT2D eigenvalue weighted by atomic mass is 9.63. The second-order valence-corrected chi connectivity index (χ2v) is 39.1. The fraction of sp³-hybridized carbons (Fsp3) is 0.921. The first-order valence-electron chi connectivity index (χ1n) is 44.4. The lowest BCUT2D eigenvalue weighted by Crippen LogP contribution is -2.61. The van der Waals surface area contributed by atoms with Crippen LogP contribution in [0.5, 0.6) is 0 Å². The predicted molar refractivity (Wildman–Crippen MR) is 443 cm³/mol. The fourth-order valence-electron chi connectivity index (χ4n) is 20.6. The highest BCUT2D eigenvalue weighted by atomic mass is 16.7. The van der Waals surface area contributed by atoms with Crippen molar-refractivity contribution < 1.29 is 9.63 Å². The van der Waals surface area contributed by atoms with E-state index in [4.69, 9.17) is 10.6 Å². The van der Waals surface area contributed by atoms with Gasteiger partial charge in [-0.1, -0.05) is 70.1 Å². The second kappa shape index (κ2) is 41.6. The molecule has 4 aliphatic carbocycles. The number of hydrogen-bond donors (Lipinski definition) is 3. The number of piperazine rings is 1. The van der Waals surface area contributed by atoms with E-state index in [1.807, 2.05) is 18.2 Å². The van der Waals surface area contributed by atoms with Crippen molar-refractivity contribution in [3.05, 3.63) is 35.9 Å². The van der Waals surface area contributed by atoms with Gasteiger partial charge in [-0.05, 0) is 300 Å². The molecule has 0 bridgehead atoms. The molecule has 0 aromatic heterocycles. The minimum Gasteiger partial charge on any atom is -0.364 e. The number of nitrogens with two attached hydrogens (primary N) is 1. The number of hydroxylamine groups is 2. The second-order valence-electron chi connectivity index (χ2n) is 39.1. The summed E-state index contributed by atoms with van der Waals surface area (Å²) in [5.74, 6) is 2.88. The summed E-state index contributed by atoms with van der Waals surface area (Å²) in [7, 11) is 0. The van der Waals surface area contributed by atoms with E-state index in [0.29, 0.717) is 40.2 Å². The van der Waals surface area contributed by atoms with E-state index >= 15 is 0 Å². The maximum atomic E-state index is 11.9. The van der Waals surface area contributed by atoms with E-state index in [2.05, 4.69) is 186 Å². The number of likely N-dealkylation sites (tertiary alicyclic amines) is 8. The molecule has 15 aliphatic rings. The third-order valence-electron chi connectivity index (χ3n) is 28.3. The van der Waals surface area contributed by atoms with E-state index in [1.54, 1.807) is 17.2 Å². The molecule has 0 radical (unpaired) electrons. The Morgan fingerprint density at radius 1 is 0.433 bits per heavy atom. The average molecular weight is 1450 g/mol. The van der Waals surface area contributed by atoms with Gasteiger partial charge in [0.25, 0.3) is 0 Å². The number of rotatable bonds is 13. The number of nitrogens with one attached hydrogen (secondary N) is 2. The number of nitrogens with zero attached hydrogens (tertiary/aromatic N) is 10. The van der Waals surface area contributed by atoms with Gasteiger partial charge in [-0.15, -0.1) is 5.06 Å². The van der Waals surface area contributed by atoms with Gasteiger partial charge >= 0.3 is 5.97 Å². The Kier molecular flexibility index (Phi) is 35.1. The molecular formula is C89H169N13O2. The third kappa shape index (κ3) is 25.6. The van der Waals surface area contributed by atoms with Crippen LogP contribution in [-0.2, 0) is 4.84 Å². The minimum absolute atomic E-state index is 0.270. The number of hydrogen-bond acceptors (Lipinski definition) is 15. The Morgan fingerprint density at radius 2 is 0.904 bits per heavy atom. The van der Waals surface area contributed by atoms with Crippen LogP contribution in [0.3, 0.4) is 0 Å². The Bertz CT molecular complexity index is 2440. The summed E-state index contributed by atoms with van der Waals surface area (Å²) in [4.78, 5) is 40.3. The molecular weight excluding hydrogens is 1280 g/mol. The summed E-state index contributed by atoms with van der Waals surface area (Å²) in [6.45, 7) is 70.4. The molecule has 104 heavy (non-hydrogen) atoms. The Morgan fingerprint density at radius 3 is 1.33 bits per heavy atom. The zero-order valence-electron chi connectivity index (χ0n) is 71.6. The summed E-state index contributed by atoms with van der Waals surface area (Å²) in [5, 5.41) is 8.92. The Balaban J connectivity index is 0.000000149. The van der Waals surface area contributed by atoms with E-state index in [1.165, 1.54) is 252 Å². The summed E-state index contributed by atoms with van der Waals surface area (Å²) in [6.07, 6.45) is 33.6. The van der Waals surface area contributed by atoms with Crippen molar-refractivity contribution in [2.24, 2.45) is 39.7 Å². The van der Waals surface area contributed by atoms with Gasteiger partial charge in [0.2, 0.25) is 0 Å². The SMILES string of the molecule is CC(C)N1CC(N)C1.CC(C)N1CC2(CCC2)C1.CC(C)N1CC2(CCCC2)C1.CC(C)N1CC2CCCC2C1.CC(C)N1CCC2(CCCN2)C1.CC(C)N1CCC2(CCNC2)C1.CC(C)N1CCCC12CCCC2.CC(C)N1CCN(OC(=O)c2ccccc2)CC1.CCCC1CN(C(C)C)C1. The zero-order valence-corrected chi connectivity index (χ0v) is 71.6. The van der Waals surface area contributed by atoms with Crippen molar-refractivity contribution >= 4 is 5.97 Å². The van der Waals surface area contributed by atoms with Gasteiger partial charge in [-0.25, -0.2) is 4.79 Å². The first-order valence-corrected chi connectivity index (χ1v) is 44.4. The normalized spacial score (nSPS) is 29.1. The Labute approximate surface area is 642 Å². The van der Waals surface area contributed by atoms with E-state index in [-0.39, 0.29) is 5.97 Å². The highest BCUT2D eigenvalue weighted by molar-refractivity contribution is 5.89. The van der Waals surface area contributed by atoms with Crippen LogP contribution < -0.4 is 16.4 Å². The molecule has 1 aromatic carbocycles. The van der Waals surface area contributed by atoms with Gasteiger partial charge < -0.3 is 35.9 Å². The van der Waals surface area contributed by atoms with Gasteiger partial charge in [0, 0.05) is 189 Å². The molecule has 4 unspecified atom stereocenters.